The number of hydrogen-bond donors (Lipinski definition) is 1. The molecule has 1 atom stereocenters. The third-order valence-corrected chi connectivity index (χ3v) is 3.81. The number of aliphatic carboxylic acids is 1. The Balaban J connectivity index is 2.63. The van der Waals surface area contributed by atoms with Crippen LogP contribution < -0.4 is 0 Å². The highest BCUT2D eigenvalue weighted by atomic mass is 32.2. The summed E-state index contributed by atoms with van der Waals surface area (Å²) < 4.78 is 12.8. The normalized spacial score (nSPS) is 12.4. The van der Waals surface area contributed by atoms with Gasteiger partial charge in [0.15, 0.2) is 0 Å². The highest BCUT2D eigenvalue weighted by Crippen LogP contribution is 2.22. The first kappa shape index (κ1) is 13.0. The zero-order chi connectivity index (χ0) is 12.1. The number of benzene rings is 1. The van der Waals surface area contributed by atoms with Gasteiger partial charge in [-0.3, -0.25) is 4.79 Å². The molecule has 1 unspecified atom stereocenters. The standard InChI is InChI=1S/C12H15FO2S/c1-3-11(12(14)15)16-7-9-4-5-10(13)6-8(9)2/h4-6,11H,3,7H2,1-2H3,(H,14,15). The van der Waals surface area contributed by atoms with Gasteiger partial charge in [-0.05, 0) is 36.6 Å². The van der Waals surface area contributed by atoms with Gasteiger partial charge in [-0.2, -0.15) is 0 Å². The van der Waals surface area contributed by atoms with Crippen LogP contribution in [0.3, 0.4) is 0 Å². The zero-order valence-electron chi connectivity index (χ0n) is 9.37. The first-order valence-electron chi connectivity index (χ1n) is 5.14. The Labute approximate surface area is 98.9 Å². The number of aryl methyl sites for hydroxylation is 1. The average molecular weight is 242 g/mol. The zero-order valence-corrected chi connectivity index (χ0v) is 10.2. The molecule has 0 saturated carbocycles. The van der Waals surface area contributed by atoms with Gasteiger partial charge in [0.25, 0.3) is 0 Å². The maximum absolute atomic E-state index is 12.8. The van der Waals surface area contributed by atoms with Crippen LogP contribution >= 0.6 is 11.8 Å². The lowest BCUT2D eigenvalue weighted by Crippen LogP contribution is -2.15. The lowest BCUT2D eigenvalue weighted by atomic mass is 10.1. The molecule has 1 aromatic rings. The Kier molecular flexibility index (Phi) is 4.80. The number of carboxylic acid groups (broad SMARTS) is 1. The minimum Gasteiger partial charge on any atom is -0.480 e. The van der Waals surface area contributed by atoms with Crippen LogP contribution in [0.5, 0.6) is 0 Å². The SMILES string of the molecule is CCC(SCc1ccc(F)cc1C)C(=O)O. The van der Waals surface area contributed by atoms with Crippen LogP contribution in [-0.4, -0.2) is 16.3 Å². The van der Waals surface area contributed by atoms with Crippen LogP contribution in [0, 0.1) is 12.7 Å². The van der Waals surface area contributed by atoms with Crippen molar-refractivity contribution in [2.45, 2.75) is 31.3 Å². The second-order valence-corrected chi connectivity index (χ2v) is 4.81. The van der Waals surface area contributed by atoms with Crippen LogP contribution in [0.2, 0.25) is 0 Å². The van der Waals surface area contributed by atoms with Gasteiger partial charge in [0.2, 0.25) is 0 Å². The minimum atomic E-state index is -0.785. The van der Waals surface area contributed by atoms with Crippen molar-refractivity contribution in [3.05, 3.63) is 35.1 Å². The first-order valence-corrected chi connectivity index (χ1v) is 6.19. The molecule has 0 amide bonds. The van der Waals surface area contributed by atoms with Crippen LogP contribution in [-0.2, 0) is 10.5 Å². The fourth-order valence-electron chi connectivity index (χ4n) is 1.38. The second-order valence-electron chi connectivity index (χ2n) is 3.62. The Morgan fingerprint density at radius 1 is 1.56 bits per heavy atom. The van der Waals surface area contributed by atoms with Crippen molar-refractivity contribution < 1.29 is 14.3 Å². The van der Waals surface area contributed by atoms with Crippen molar-refractivity contribution in [3.63, 3.8) is 0 Å². The van der Waals surface area contributed by atoms with E-state index in [0.29, 0.717) is 12.2 Å². The van der Waals surface area contributed by atoms with E-state index in [2.05, 4.69) is 0 Å². The highest BCUT2D eigenvalue weighted by Gasteiger charge is 2.15. The molecule has 4 heteroatoms. The fourth-order valence-corrected chi connectivity index (χ4v) is 2.46. The molecule has 1 rings (SSSR count). The molecular weight excluding hydrogens is 227 g/mol. The average Bonchev–Trinajstić information content (AvgIpc) is 2.21. The first-order chi connectivity index (χ1) is 7.54. The molecule has 88 valence electrons. The van der Waals surface area contributed by atoms with E-state index in [1.165, 1.54) is 23.9 Å². The summed E-state index contributed by atoms with van der Waals surface area (Å²) in [7, 11) is 0. The number of rotatable bonds is 5. The van der Waals surface area contributed by atoms with Gasteiger partial charge in [0.1, 0.15) is 11.1 Å². The topological polar surface area (TPSA) is 37.3 Å². The summed E-state index contributed by atoms with van der Waals surface area (Å²) in [6.07, 6.45) is 0.597. The van der Waals surface area contributed by atoms with Gasteiger partial charge >= 0.3 is 5.97 Å². The van der Waals surface area contributed by atoms with Crippen LogP contribution in [0.25, 0.3) is 0 Å². The third-order valence-electron chi connectivity index (χ3n) is 2.39. The molecule has 16 heavy (non-hydrogen) atoms. The highest BCUT2D eigenvalue weighted by molar-refractivity contribution is 7.99. The monoisotopic (exact) mass is 242 g/mol. The van der Waals surface area contributed by atoms with E-state index >= 15 is 0 Å². The van der Waals surface area contributed by atoms with Crippen LogP contribution in [0.4, 0.5) is 4.39 Å². The van der Waals surface area contributed by atoms with Gasteiger partial charge < -0.3 is 5.11 Å². The Hall–Kier alpha value is -1.03. The number of hydrogen-bond acceptors (Lipinski definition) is 2. The van der Waals surface area contributed by atoms with E-state index in [1.54, 1.807) is 6.07 Å². The minimum absolute atomic E-state index is 0.253. The number of carboxylic acids is 1. The van der Waals surface area contributed by atoms with Gasteiger partial charge in [0.05, 0.1) is 0 Å². The quantitative estimate of drug-likeness (QED) is 0.861. The summed E-state index contributed by atoms with van der Waals surface area (Å²) in [6.45, 7) is 3.68. The number of halogens is 1. The molecule has 1 N–H and O–H groups in total. The molecule has 0 radical (unpaired) electrons. The van der Waals surface area contributed by atoms with Gasteiger partial charge in [0, 0.05) is 5.75 Å². The van der Waals surface area contributed by atoms with E-state index in [-0.39, 0.29) is 11.1 Å². The summed E-state index contributed by atoms with van der Waals surface area (Å²) >= 11 is 1.38. The molecule has 0 fully saturated rings. The Morgan fingerprint density at radius 3 is 2.75 bits per heavy atom. The van der Waals surface area contributed by atoms with Crippen molar-refractivity contribution in [2.75, 3.05) is 0 Å². The summed E-state index contributed by atoms with van der Waals surface area (Å²) in [5, 5.41) is 8.50. The molecule has 0 aliphatic carbocycles. The van der Waals surface area contributed by atoms with Crippen molar-refractivity contribution >= 4 is 17.7 Å². The van der Waals surface area contributed by atoms with Gasteiger partial charge in [-0.25, -0.2) is 4.39 Å². The number of thioether (sulfide) groups is 1. The molecule has 0 aliphatic heterocycles. The summed E-state index contributed by atoms with van der Waals surface area (Å²) in [4.78, 5) is 10.8. The molecule has 2 nitrogen and oxygen atoms in total. The van der Waals surface area contributed by atoms with Gasteiger partial charge in [-0.1, -0.05) is 13.0 Å². The third kappa shape index (κ3) is 3.52. The number of carbonyl (C=O) groups is 1. The van der Waals surface area contributed by atoms with E-state index in [1.807, 2.05) is 13.8 Å². The van der Waals surface area contributed by atoms with Crippen molar-refractivity contribution in [3.8, 4) is 0 Å². The van der Waals surface area contributed by atoms with Gasteiger partial charge in [-0.15, -0.1) is 11.8 Å². The van der Waals surface area contributed by atoms with Crippen molar-refractivity contribution in [1.29, 1.82) is 0 Å². The van der Waals surface area contributed by atoms with Crippen molar-refractivity contribution in [2.24, 2.45) is 0 Å². The predicted octanol–water partition coefficient (Wildman–Crippen LogP) is 3.23. The Bertz CT molecular complexity index is 379. The lowest BCUT2D eigenvalue weighted by Gasteiger charge is -2.10. The Morgan fingerprint density at radius 2 is 2.25 bits per heavy atom. The van der Waals surface area contributed by atoms with Crippen LogP contribution in [0.1, 0.15) is 24.5 Å². The molecule has 0 heterocycles. The van der Waals surface area contributed by atoms with E-state index in [9.17, 15) is 9.18 Å². The lowest BCUT2D eigenvalue weighted by molar-refractivity contribution is -0.136. The fraction of sp³-hybridized carbons (Fsp3) is 0.417. The molecular formula is C12H15FO2S. The summed E-state index contributed by atoms with van der Waals surface area (Å²) in [6, 6.07) is 4.59. The summed E-state index contributed by atoms with van der Waals surface area (Å²) in [5.41, 5.74) is 1.86. The second kappa shape index (κ2) is 5.89. The van der Waals surface area contributed by atoms with E-state index in [0.717, 1.165) is 11.1 Å². The molecule has 0 bridgehead atoms. The van der Waals surface area contributed by atoms with E-state index in [4.69, 9.17) is 5.11 Å². The molecule has 0 spiro atoms. The molecule has 1 aromatic carbocycles. The summed E-state index contributed by atoms with van der Waals surface area (Å²) in [5.74, 6) is -0.430. The largest absolute Gasteiger partial charge is 0.480 e. The molecule has 0 aliphatic rings. The molecule has 0 aromatic heterocycles. The maximum atomic E-state index is 12.8. The maximum Gasteiger partial charge on any atom is 0.316 e. The smallest absolute Gasteiger partial charge is 0.316 e. The van der Waals surface area contributed by atoms with E-state index < -0.39 is 5.97 Å². The molecule has 0 saturated heterocycles. The van der Waals surface area contributed by atoms with Crippen LogP contribution in [0.15, 0.2) is 18.2 Å². The predicted molar refractivity (Wildman–Crippen MR) is 64.1 cm³/mol. The van der Waals surface area contributed by atoms with Crippen molar-refractivity contribution in [1.82, 2.24) is 0 Å².